The molecule has 0 fully saturated rings. The summed E-state index contributed by atoms with van der Waals surface area (Å²) in [5, 5.41) is 5.35. The largest absolute Gasteiger partial charge is 0.0654 e. The van der Waals surface area contributed by atoms with E-state index in [1.807, 2.05) is 0 Å². The van der Waals surface area contributed by atoms with Crippen LogP contribution in [0.25, 0.3) is 32.7 Å². The number of aryl methyl sites for hydroxylation is 2. The molecule has 0 aromatic heterocycles. The van der Waals surface area contributed by atoms with E-state index < -0.39 is 0 Å². The number of rotatable bonds is 7. The van der Waals surface area contributed by atoms with Crippen molar-refractivity contribution in [2.45, 2.75) is 52.4 Å². The van der Waals surface area contributed by atoms with Gasteiger partial charge in [0.05, 0.1) is 0 Å². The van der Waals surface area contributed by atoms with Gasteiger partial charge in [0, 0.05) is 0 Å². The highest BCUT2D eigenvalue weighted by molar-refractivity contribution is 5.91. The van der Waals surface area contributed by atoms with Crippen molar-refractivity contribution in [1.82, 2.24) is 0 Å². The molecule has 0 saturated carbocycles. The Balaban J connectivity index is 1.63. The van der Waals surface area contributed by atoms with Gasteiger partial charge in [0.1, 0.15) is 0 Å². The lowest BCUT2D eigenvalue weighted by molar-refractivity contribution is 0.796. The molecule has 0 N–H and O–H groups in total. The van der Waals surface area contributed by atoms with Crippen molar-refractivity contribution in [2.24, 2.45) is 0 Å². The molecule has 0 radical (unpaired) electrons. The Hall–Kier alpha value is -2.60. The second-order valence-corrected chi connectivity index (χ2v) is 8.00. The fraction of sp³-hybridized carbons (Fsp3) is 0.286. The van der Waals surface area contributed by atoms with Gasteiger partial charge in [-0.1, -0.05) is 87.4 Å². The highest BCUT2D eigenvalue weighted by Crippen LogP contribution is 2.29. The first-order valence-electron chi connectivity index (χ1n) is 10.8. The number of benzene rings is 4. The van der Waals surface area contributed by atoms with Gasteiger partial charge in [-0.15, -0.1) is 0 Å². The molecule has 0 atom stereocenters. The van der Waals surface area contributed by atoms with Crippen LogP contribution in [-0.4, -0.2) is 0 Å². The summed E-state index contributed by atoms with van der Waals surface area (Å²) in [6, 6.07) is 27.6. The summed E-state index contributed by atoms with van der Waals surface area (Å²) >= 11 is 0. The van der Waals surface area contributed by atoms with Crippen LogP contribution in [0, 0.1) is 0 Å². The summed E-state index contributed by atoms with van der Waals surface area (Å²) in [7, 11) is 0. The van der Waals surface area contributed by atoms with Crippen molar-refractivity contribution < 1.29 is 0 Å². The molecule has 4 aromatic carbocycles. The van der Waals surface area contributed by atoms with Gasteiger partial charge in [-0.05, 0) is 81.6 Å². The average Bonchev–Trinajstić information content (AvgIpc) is 2.75. The summed E-state index contributed by atoms with van der Waals surface area (Å²) < 4.78 is 0. The molecule has 0 aliphatic carbocycles. The molecule has 142 valence electrons. The Bertz CT molecular complexity index is 998. The van der Waals surface area contributed by atoms with Gasteiger partial charge < -0.3 is 0 Å². The lowest BCUT2D eigenvalue weighted by atomic mass is 9.96. The smallest absolute Gasteiger partial charge is 0.0177 e. The number of hydrogen-bond acceptors (Lipinski definition) is 0. The van der Waals surface area contributed by atoms with Crippen molar-refractivity contribution in [1.29, 1.82) is 0 Å². The molecule has 0 aliphatic heterocycles. The first-order chi connectivity index (χ1) is 13.8. The molecular weight excluding hydrogens is 336 g/mol. The van der Waals surface area contributed by atoms with E-state index in [-0.39, 0.29) is 0 Å². The normalized spacial score (nSPS) is 11.4. The maximum atomic E-state index is 2.35. The van der Waals surface area contributed by atoms with Crippen LogP contribution in [0.3, 0.4) is 0 Å². The standard InChI is InChI=1S/C28H30/c1-3-5-7-21-9-11-25-19-27(15-13-23(25)17-21)28-16-14-24-18-22(8-6-4-2)10-12-26(24)20-28/h9-20H,3-8H2,1-2H3. The first-order valence-corrected chi connectivity index (χ1v) is 10.8. The quantitative estimate of drug-likeness (QED) is 0.308. The van der Waals surface area contributed by atoms with Gasteiger partial charge in [0.15, 0.2) is 0 Å². The molecule has 0 nitrogen and oxygen atoms in total. The molecule has 0 bridgehead atoms. The van der Waals surface area contributed by atoms with Gasteiger partial charge >= 0.3 is 0 Å². The van der Waals surface area contributed by atoms with E-state index in [0.29, 0.717) is 0 Å². The summed E-state index contributed by atoms with van der Waals surface area (Å²) in [4.78, 5) is 0. The highest BCUT2D eigenvalue weighted by Gasteiger charge is 2.04. The van der Waals surface area contributed by atoms with Gasteiger partial charge in [0.25, 0.3) is 0 Å². The maximum absolute atomic E-state index is 2.35. The number of unbranched alkanes of at least 4 members (excludes halogenated alkanes) is 2. The second-order valence-electron chi connectivity index (χ2n) is 8.00. The SMILES string of the molecule is CCCCc1ccc2cc(-c3ccc4cc(CCCC)ccc4c3)ccc2c1. The molecule has 0 spiro atoms. The predicted molar refractivity (Wildman–Crippen MR) is 124 cm³/mol. The van der Waals surface area contributed by atoms with Crippen LogP contribution >= 0.6 is 0 Å². The summed E-state index contributed by atoms with van der Waals surface area (Å²) in [5.41, 5.74) is 5.50. The zero-order valence-electron chi connectivity index (χ0n) is 17.2. The fourth-order valence-corrected chi connectivity index (χ4v) is 4.02. The Kier molecular flexibility index (Phi) is 5.76. The van der Waals surface area contributed by atoms with Crippen molar-refractivity contribution in [3.8, 4) is 11.1 Å². The number of fused-ring (bicyclic) bond motifs is 2. The van der Waals surface area contributed by atoms with Gasteiger partial charge in [-0.25, -0.2) is 0 Å². The molecule has 0 amide bonds. The highest BCUT2D eigenvalue weighted by atomic mass is 14.1. The van der Waals surface area contributed by atoms with Gasteiger partial charge in [-0.3, -0.25) is 0 Å². The Morgan fingerprint density at radius 1 is 0.464 bits per heavy atom. The molecule has 0 heterocycles. The van der Waals surface area contributed by atoms with Crippen molar-refractivity contribution in [3.05, 3.63) is 83.9 Å². The van der Waals surface area contributed by atoms with Gasteiger partial charge in [-0.2, -0.15) is 0 Å². The lowest BCUT2D eigenvalue weighted by Crippen LogP contribution is -1.87. The third-order valence-corrected chi connectivity index (χ3v) is 5.78. The Morgan fingerprint density at radius 3 is 1.29 bits per heavy atom. The van der Waals surface area contributed by atoms with Crippen molar-refractivity contribution in [2.75, 3.05) is 0 Å². The zero-order chi connectivity index (χ0) is 19.3. The van der Waals surface area contributed by atoms with Crippen LogP contribution < -0.4 is 0 Å². The minimum Gasteiger partial charge on any atom is -0.0654 e. The Morgan fingerprint density at radius 2 is 0.857 bits per heavy atom. The molecule has 0 aliphatic rings. The predicted octanol–water partition coefficient (Wildman–Crippen LogP) is 8.35. The van der Waals surface area contributed by atoms with E-state index in [0.717, 1.165) is 0 Å². The molecule has 28 heavy (non-hydrogen) atoms. The minimum atomic E-state index is 1.18. The van der Waals surface area contributed by atoms with Crippen LogP contribution in [-0.2, 0) is 12.8 Å². The van der Waals surface area contributed by atoms with Crippen LogP contribution in [0.5, 0.6) is 0 Å². The summed E-state index contributed by atoms with van der Waals surface area (Å²) in [6.07, 6.45) is 7.39. The van der Waals surface area contributed by atoms with Crippen LogP contribution in [0.1, 0.15) is 50.7 Å². The molecular formula is C28H30. The third kappa shape index (κ3) is 4.12. The van der Waals surface area contributed by atoms with E-state index in [1.165, 1.54) is 82.3 Å². The monoisotopic (exact) mass is 366 g/mol. The second kappa shape index (κ2) is 8.61. The topological polar surface area (TPSA) is 0 Å². The van der Waals surface area contributed by atoms with E-state index in [9.17, 15) is 0 Å². The van der Waals surface area contributed by atoms with E-state index in [1.54, 1.807) is 0 Å². The van der Waals surface area contributed by atoms with Gasteiger partial charge in [0.2, 0.25) is 0 Å². The molecule has 0 unspecified atom stereocenters. The molecule has 4 rings (SSSR count). The number of hydrogen-bond donors (Lipinski definition) is 0. The minimum absolute atomic E-state index is 1.18. The maximum Gasteiger partial charge on any atom is -0.0177 e. The fourth-order valence-electron chi connectivity index (χ4n) is 4.02. The Labute approximate surface area is 169 Å². The van der Waals surface area contributed by atoms with E-state index >= 15 is 0 Å². The van der Waals surface area contributed by atoms with Crippen LogP contribution in [0.15, 0.2) is 72.8 Å². The average molecular weight is 367 g/mol. The van der Waals surface area contributed by atoms with Crippen molar-refractivity contribution >= 4 is 21.5 Å². The zero-order valence-corrected chi connectivity index (χ0v) is 17.2. The van der Waals surface area contributed by atoms with E-state index in [2.05, 4.69) is 86.6 Å². The van der Waals surface area contributed by atoms with E-state index in [4.69, 9.17) is 0 Å². The van der Waals surface area contributed by atoms with Crippen LogP contribution in [0.2, 0.25) is 0 Å². The molecule has 4 aromatic rings. The van der Waals surface area contributed by atoms with Crippen molar-refractivity contribution in [3.63, 3.8) is 0 Å². The van der Waals surface area contributed by atoms with Crippen LogP contribution in [0.4, 0.5) is 0 Å². The summed E-state index contributed by atoms with van der Waals surface area (Å²) in [5.74, 6) is 0. The first kappa shape index (κ1) is 18.7. The summed E-state index contributed by atoms with van der Waals surface area (Å²) in [6.45, 7) is 4.51. The molecule has 0 heteroatoms. The third-order valence-electron chi connectivity index (χ3n) is 5.78. The molecule has 0 saturated heterocycles. The lowest BCUT2D eigenvalue weighted by Gasteiger charge is -2.09.